The fourth-order valence-electron chi connectivity index (χ4n) is 7.83. The molecule has 5 heteroatoms. The summed E-state index contributed by atoms with van der Waals surface area (Å²) in [7, 11) is 0. The lowest BCUT2D eigenvalue weighted by molar-refractivity contribution is -0.170. The SMILES string of the molecule is C[C@@]12CC3CC(C(=O)NCCCN4CCC(C(N)=O)CC4)(C1)C[C@@](C)(C3)C2. The number of nitrogens with zero attached hydrogens (tertiary/aromatic N) is 1. The molecule has 4 saturated carbocycles. The van der Waals surface area contributed by atoms with E-state index >= 15 is 0 Å². The second kappa shape index (κ2) is 6.75. The summed E-state index contributed by atoms with van der Waals surface area (Å²) in [6, 6.07) is 0. The van der Waals surface area contributed by atoms with Gasteiger partial charge in [0.15, 0.2) is 0 Å². The van der Waals surface area contributed by atoms with Crippen LogP contribution in [0.2, 0.25) is 0 Å². The van der Waals surface area contributed by atoms with Crippen LogP contribution in [0.15, 0.2) is 0 Å². The minimum Gasteiger partial charge on any atom is -0.369 e. The van der Waals surface area contributed by atoms with Gasteiger partial charge in [0.1, 0.15) is 0 Å². The van der Waals surface area contributed by atoms with Gasteiger partial charge < -0.3 is 16.0 Å². The molecule has 1 saturated heterocycles. The lowest BCUT2D eigenvalue weighted by Crippen LogP contribution is -2.60. The van der Waals surface area contributed by atoms with Crippen LogP contribution in [0.4, 0.5) is 0 Å². The van der Waals surface area contributed by atoms with Crippen molar-refractivity contribution in [2.75, 3.05) is 26.2 Å². The van der Waals surface area contributed by atoms with E-state index in [0.717, 1.165) is 70.6 Å². The molecule has 4 bridgehead atoms. The highest BCUT2D eigenvalue weighted by Crippen LogP contribution is 2.69. The summed E-state index contributed by atoms with van der Waals surface area (Å²) in [6.45, 7) is 8.51. The maximum absolute atomic E-state index is 13.2. The molecular formula is C22H37N3O2. The first-order chi connectivity index (χ1) is 12.7. The molecule has 3 N–H and O–H groups in total. The number of amides is 2. The Hall–Kier alpha value is -1.10. The molecule has 5 aliphatic rings. The predicted octanol–water partition coefficient (Wildman–Crippen LogP) is 2.69. The first kappa shape index (κ1) is 19.2. The molecule has 5 fully saturated rings. The summed E-state index contributed by atoms with van der Waals surface area (Å²) in [6.07, 6.45) is 10.0. The Balaban J connectivity index is 1.24. The molecule has 0 spiro atoms. The minimum absolute atomic E-state index is 0.0553. The van der Waals surface area contributed by atoms with Crippen molar-refractivity contribution < 1.29 is 9.59 Å². The van der Waals surface area contributed by atoms with Crippen LogP contribution in [0, 0.1) is 28.1 Å². The van der Waals surface area contributed by atoms with Crippen LogP contribution < -0.4 is 11.1 Å². The molecule has 0 unspecified atom stereocenters. The predicted molar refractivity (Wildman–Crippen MR) is 106 cm³/mol. The van der Waals surface area contributed by atoms with Gasteiger partial charge in [0.05, 0.1) is 5.41 Å². The van der Waals surface area contributed by atoms with Gasteiger partial charge in [0.25, 0.3) is 0 Å². The first-order valence-corrected chi connectivity index (χ1v) is 11.0. The van der Waals surface area contributed by atoms with Gasteiger partial charge in [-0.15, -0.1) is 0 Å². The smallest absolute Gasteiger partial charge is 0.226 e. The van der Waals surface area contributed by atoms with Crippen molar-refractivity contribution in [3.8, 4) is 0 Å². The van der Waals surface area contributed by atoms with Crippen LogP contribution in [-0.2, 0) is 9.59 Å². The van der Waals surface area contributed by atoms with Crippen molar-refractivity contribution in [3.63, 3.8) is 0 Å². The number of rotatable bonds is 6. The molecule has 2 amide bonds. The molecule has 152 valence electrons. The van der Waals surface area contributed by atoms with Crippen molar-refractivity contribution in [2.45, 2.75) is 71.6 Å². The maximum atomic E-state index is 13.2. The van der Waals surface area contributed by atoms with Crippen LogP contribution in [0.3, 0.4) is 0 Å². The van der Waals surface area contributed by atoms with E-state index in [2.05, 4.69) is 24.1 Å². The number of nitrogens with two attached hydrogens (primary N) is 1. The number of nitrogens with one attached hydrogen (secondary N) is 1. The van der Waals surface area contributed by atoms with Crippen LogP contribution in [0.25, 0.3) is 0 Å². The Labute approximate surface area is 163 Å². The normalized spacial score (nSPS) is 41.6. The topological polar surface area (TPSA) is 75.4 Å². The third kappa shape index (κ3) is 3.76. The fourth-order valence-corrected chi connectivity index (χ4v) is 7.83. The quantitative estimate of drug-likeness (QED) is 0.701. The summed E-state index contributed by atoms with van der Waals surface area (Å²) < 4.78 is 0. The van der Waals surface area contributed by atoms with Gasteiger partial charge in [-0.3, -0.25) is 9.59 Å². The van der Waals surface area contributed by atoms with E-state index in [1.54, 1.807) is 0 Å². The van der Waals surface area contributed by atoms with E-state index in [-0.39, 0.29) is 17.2 Å². The third-order valence-electron chi connectivity index (χ3n) is 8.03. The molecule has 1 heterocycles. The zero-order valence-electron chi connectivity index (χ0n) is 17.2. The van der Waals surface area contributed by atoms with Gasteiger partial charge in [-0.05, 0) is 94.2 Å². The number of hydrogen-bond donors (Lipinski definition) is 2. The average molecular weight is 376 g/mol. The maximum Gasteiger partial charge on any atom is 0.226 e. The van der Waals surface area contributed by atoms with E-state index < -0.39 is 0 Å². The average Bonchev–Trinajstić information content (AvgIpc) is 2.55. The number of primary amides is 1. The Kier molecular flexibility index (Phi) is 4.81. The Morgan fingerprint density at radius 2 is 1.67 bits per heavy atom. The molecule has 2 atom stereocenters. The fraction of sp³-hybridized carbons (Fsp3) is 0.909. The number of hydrogen-bond acceptors (Lipinski definition) is 3. The Morgan fingerprint density at radius 3 is 2.22 bits per heavy atom. The van der Waals surface area contributed by atoms with Crippen molar-refractivity contribution in [1.29, 1.82) is 0 Å². The van der Waals surface area contributed by atoms with Gasteiger partial charge in [-0.1, -0.05) is 13.8 Å². The monoisotopic (exact) mass is 375 g/mol. The van der Waals surface area contributed by atoms with E-state index in [4.69, 9.17) is 5.73 Å². The number of carbonyl (C=O) groups excluding carboxylic acids is 2. The Bertz CT molecular complexity index is 593. The highest BCUT2D eigenvalue weighted by atomic mass is 16.2. The molecule has 27 heavy (non-hydrogen) atoms. The second-order valence-electron chi connectivity index (χ2n) is 11.0. The molecule has 5 rings (SSSR count). The summed E-state index contributed by atoms with van der Waals surface area (Å²) in [4.78, 5) is 26.8. The van der Waals surface area contributed by atoms with Gasteiger partial charge in [0, 0.05) is 12.5 Å². The Morgan fingerprint density at radius 1 is 1.04 bits per heavy atom. The number of carbonyl (C=O) groups is 2. The largest absolute Gasteiger partial charge is 0.369 e. The molecule has 4 aliphatic carbocycles. The van der Waals surface area contributed by atoms with E-state index in [1.807, 2.05) is 0 Å². The van der Waals surface area contributed by atoms with Crippen LogP contribution in [-0.4, -0.2) is 42.9 Å². The lowest BCUT2D eigenvalue weighted by Gasteiger charge is -2.64. The van der Waals surface area contributed by atoms with Crippen LogP contribution in [0.5, 0.6) is 0 Å². The summed E-state index contributed by atoms with van der Waals surface area (Å²) in [5, 5.41) is 3.30. The minimum atomic E-state index is -0.153. The lowest BCUT2D eigenvalue weighted by atomic mass is 9.40. The van der Waals surface area contributed by atoms with Crippen molar-refractivity contribution >= 4 is 11.8 Å². The van der Waals surface area contributed by atoms with Gasteiger partial charge in [-0.25, -0.2) is 0 Å². The third-order valence-corrected chi connectivity index (χ3v) is 8.03. The highest BCUT2D eigenvalue weighted by molar-refractivity contribution is 5.83. The summed E-state index contributed by atoms with van der Waals surface area (Å²) >= 11 is 0. The van der Waals surface area contributed by atoms with E-state index in [9.17, 15) is 9.59 Å². The number of piperidine rings is 1. The highest BCUT2D eigenvalue weighted by Gasteiger charge is 2.62. The van der Waals surface area contributed by atoms with Gasteiger partial charge in [-0.2, -0.15) is 0 Å². The molecular weight excluding hydrogens is 338 g/mol. The molecule has 0 aromatic carbocycles. The second-order valence-corrected chi connectivity index (χ2v) is 11.0. The number of likely N-dealkylation sites (tertiary alicyclic amines) is 1. The molecule has 0 aromatic rings. The molecule has 5 nitrogen and oxygen atoms in total. The van der Waals surface area contributed by atoms with Crippen LogP contribution >= 0.6 is 0 Å². The zero-order valence-corrected chi connectivity index (χ0v) is 17.2. The first-order valence-electron chi connectivity index (χ1n) is 11.0. The van der Waals surface area contributed by atoms with Gasteiger partial charge in [0.2, 0.25) is 11.8 Å². The summed E-state index contributed by atoms with van der Waals surface area (Å²) in [5.41, 5.74) is 6.08. The van der Waals surface area contributed by atoms with E-state index in [0.29, 0.717) is 16.7 Å². The van der Waals surface area contributed by atoms with Crippen molar-refractivity contribution in [3.05, 3.63) is 0 Å². The molecule has 1 aliphatic heterocycles. The molecule has 0 radical (unpaired) electrons. The zero-order chi connectivity index (χ0) is 19.3. The summed E-state index contributed by atoms with van der Waals surface area (Å²) in [5.74, 6) is 0.990. The van der Waals surface area contributed by atoms with Crippen LogP contribution in [0.1, 0.15) is 71.6 Å². The standard InChI is InChI=1S/C22H37N3O2/c1-20-10-16-11-21(2,13-20)15-22(12-16,14-20)19(27)24-6-3-7-25-8-4-17(5-9-25)18(23)26/h16-17H,3-15H2,1-2H3,(H2,23,26)(H,24,27)/t16?,20-,21-,22?/m0/s1. The van der Waals surface area contributed by atoms with Crippen molar-refractivity contribution in [1.82, 2.24) is 10.2 Å². The molecule has 0 aromatic heterocycles. The van der Waals surface area contributed by atoms with Gasteiger partial charge >= 0.3 is 0 Å². The van der Waals surface area contributed by atoms with Crippen molar-refractivity contribution in [2.24, 2.45) is 33.8 Å². The van der Waals surface area contributed by atoms with E-state index in [1.165, 1.54) is 19.3 Å².